The number of halogens is 1. The van der Waals surface area contributed by atoms with Crippen LogP contribution in [0.1, 0.15) is 33.6 Å². The van der Waals surface area contributed by atoms with Crippen LogP contribution >= 0.6 is 22.9 Å². The van der Waals surface area contributed by atoms with Gasteiger partial charge in [0.2, 0.25) is 5.91 Å². The maximum atomic E-state index is 12.8. The number of hydrogen-bond acceptors (Lipinski definition) is 7. The number of rotatable bonds is 6. The zero-order valence-corrected chi connectivity index (χ0v) is 20.9. The van der Waals surface area contributed by atoms with Crippen LogP contribution in [0.5, 0.6) is 0 Å². The molecule has 3 heterocycles. The highest BCUT2D eigenvalue weighted by Gasteiger charge is 2.56. The third-order valence-electron chi connectivity index (χ3n) is 7.70. The van der Waals surface area contributed by atoms with Crippen molar-refractivity contribution in [2.75, 3.05) is 10.6 Å². The van der Waals surface area contributed by atoms with E-state index in [-0.39, 0.29) is 17.6 Å². The van der Waals surface area contributed by atoms with Crippen LogP contribution in [-0.4, -0.2) is 31.7 Å². The molecule has 3 aliphatic carbocycles. The Morgan fingerprint density at radius 1 is 1.29 bits per heavy atom. The Morgan fingerprint density at radius 2 is 2.06 bits per heavy atom. The van der Waals surface area contributed by atoms with Gasteiger partial charge in [-0.2, -0.15) is 5.10 Å². The largest absolute Gasteiger partial charge is 0.379 e. The minimum absolute atomic E-state index is 0.0581. The van der Waals surface area contributed by atoms with Gasteiger partial charge in [-0.25, -0.2) is 9.67 Å². The fourth-order valence-corrected chi connectivity index (χ4v) is 6.44. The van der Waals surface area contributed by atoms with Gasteiger partial charge in [-0.15, -0.1) is 11.3 Å². The summed E-state index contributed by atoms with van der Waals surface area (Å²) >= 11 is 7.71. The number of thiazole rings is 1. The van der Waals surface area contributed by atoms with E-state index in [4.69, 9.17) is 11.6 Å². The molecule has 1 amide bonds. The third-order valence-corrected chi connectivity index (χ3v) is 8.82. The van der Waals surface area contributed by atoms with E-state index in [1.54, 1.807) is 18.6 Å². The normalized spacial score (nSPS) is 24.8. The lowest BCUT2D eigenvalue weighted by atomic mass is 9.45. The predicted molar refractivity (Wildman–Crippen MR) is 134 cm³/mol. The van der Waals surface area contributed by atoms with E-state index in [9.17, 15) is 9.59 Å². The summed E-state index contributed by atoms with van der Waals surface area (Å²) in [5, 5.41) is 12.7. The number of hydrogen-bond donors (Lipinski definition) is 2. The standard InChI is InChI=1S/C24H27ClN6O2S/c1-13-16-8-15(24(16,2)3)9-17(13)28-18-10-27-31(22(33)21(18)25)11-20(32)30-23-29-19(12-34-23)14-4-6-26-7-5-14/h4-7,10,12-13,15-17,28H,8-9,11H2,1-3H3,(H,29,30,32)/t13-,15-,16+,17-/m1/s1. The number of pyridine rings is 1. The van der Waals surface area contributed by atoms with Gasteiger partial charge in [0, 0.05) is 29.4 Å². The van der Waals surface area contributed by atoms with Crippen LogP contribution in [0.3, 0.4) is 0 Å². The first-order valence-corrected chi connectivity index (χ1v) is 12.7. The number of nitrogens with zero attached hydrogens (tertiary/aromatic N) is 4. The van der Waals surface area contributed by atoms with Gasteiger partial charge in [0.15, 0.2) is 5.13 Å². The maximum Gasteiger partial charge on any atom is 0.288 e. The molecule has 2 bridgehead atoms. The van der Waals surface area contributed by atoms with Crippen molar-refractivity contribution < 1.29 is 4.79 Å². The molecule has 0 radical (unpaired) electrons. The Bertz CT molecular complexity index is 1270. The summed E-state index contributed by atoms with van der Waals surface area (Å²) in [5.74, 6) is 1.45. The van der Waals surface area contributed by atoms with Crippen molar-refractivity contribution in [1.82, 2.24) is 19.7 Å². The summed E-state index contributed by atoms with van der Waals surface area (Å²) < 4.78 is 1.07. The Labute approximate surface area is 206 Å². The molecule has 3 saturated carbocycles. The van der Waals surface area contributed by atoms with Crippen LogP contribution < -0.4 is 16.2 Å². The monoisotopic (exact) mass is 498 g/mol. The van der Waals surface area contributed by atoms with Gasteiger partial charge in [0.1, 0.15) is 11.6 Å². The maximum absolute atomic E-state index is 12.8. The molecule has 0 saturated heterocycles. The summed E-state index contributed by atoms with van der Waals surface area (Å²) in [4.78, 5) is 33.7. The van der Waals surface area contributed by atoms with Crippen molar-refractivity contribution in [1.29, 1.82) is 0 Å². The van der Waals surface area contributed by atoms with E-state index < -0.39 is 11.5 Å². The van der Waals surface area contributed by atoms with Gasteiger partial charge < -0.3 is 10.6 Å². The van der Waals surface area contributed by atoms with E-state index in [1.807, 2.05) is 17.5 Å². The zero-order chi connectivity index (χ0) is 24.0. The van der Waals surface area contributed by atoms with Gasteiger partial charge in [0.05, 0.1) is 17.6 Å². The number of fused-ring (bicyclic) bond motifs is 2. The van der Waals surface area contributed by atoms with Crippen molar-refractivity contribution >= 4 is 39.7 Å². The molecule has 178 valence electrons. The predicted octanol–water partition coefficient (Wildman–Crippen LogP) is 4.54. The van der Waals surface area contributed by atoms with Gasteiger partial charge in [-0.05, 0) is 48.1 Å². The molecule has 6 rings (SSSR count). The first kappa shape index (κ1) is 23.0. The first-order valence-electron chi connectivity index (χ1n) is 11.4. The summed E-state index contributed by atoms with van der Waals surface area (Å²) in [6.45, 7) is 6.72. The fourth-order valence-electron chi connectivity index (χ4n) is 5.50. The number of anilines is 2. The number of nitrogens with one attached hydrogen (secondary N) is 2. The fraction of sp³-hybridized carbons (Fsp3) is 0.458. The van der Waals surface area contributed by atoms with Crippen molar-refractivity contribution in [3.05, 3.63) is 51.5 Å². The summed E-state index contributed by atoms with van der Waals surface area (Å²) in [6.07, 6.45) is 7.25. The highest BCUT2D eigenvalue weighted by Crippen LogP contribution is 2.61. The molecule has 0 spiro atoms. The van der Waals surface area contributed by atoms with Crippen molar-refractivity contribution in [3.8, 4) is 11.3 Å². The zero-order valence-electron chi connectivity index (χ0n) is 19.3. The van der Waals surface area contributed by atoms with Gasteiger partial charge in [-0.1, -0.05) is 32.4 Å². The van der Waals surface area contributed by atoms with E-state index in [2.05, 4.69) is 46.5 Å². The SMILES string of the molecule is C[C@H]1[C@H](Nc2cnn(CC(=O)Nc3nc(-c4ccncc4)cs3)c(=O)c2Cl)C[C@H]2C[C@@H]1C2(C)C. The molecule has 10 heteroatoms. The third kappa shape index (κ3) is 4.11. The molecule has 3 aromatic heterocycles. The Kier molecular flexibility index (Phi) is 5.93. The molecule has 0 aliphatic heterocycles. The van der Waals surface area contributed by atoms with Crippen molar-refractivity contribution in [3.63, 3.8) is 0 Å². The molecule has 0 unspecified atom stereocenters. The molecule has 3 aromatic rings. The molecule has 0 aromatic carbocycles. The van der Waals surface area contributed by atoms with E-state index in [0.29, 0.717) is 34.0 Å². The molecular formula is C24H27ClN6O2S. The Morgan fingerprint density at radius 3 is 2.76 bits per heavy atom. The van der Waals surface area contributed by atoms with Gasteiger partial charge in [-0.3, -0.25) is 14.6 Å². The van der Waals surface area contributed by atoms with Gasteiger partial charge in [0.25, 0.3) is 5.56 Å². The number of carbonyl (C=O) groups excluding carboxylic acids is 1. The van der Waals surface area contributed by atoms with Crippen LogP contribution in [0.4, 0.5) is 10.8 Å². The van der Waals surface area contributed by atoms with Crippen LogP contribution in [0.15, 0.2) is 40.9 Å². The van der Waals surface area contributed by atoms with Crippen LogP contribution in [0.25, 0.3) is 11.3 Å². The highest BCUT2D eigenvalue weighted by atomic mass is 35.5. The average Bonchev–Trinajstić information content (AvgIpc) is 3.28. The number of carbonyl (C=O) groups is 1. The molecule has 8 nitrogen and oxygen atoms in total. The van der Waals surface area contributed by atoms with Crippen LogP contribution in [0.2, 0.25) is 5.02 Å². The smallest absolute Gasteiger partial charge is 0.288 e. The van der Waals surface area contributed by atoms with Gasteiger partial charge >= 0.3 is 0 Å². The quantitative estimate of drug-likeness (QED) is 0.517. The molecule has 34 heavy (non-hydrogen) atoms. The minimum Gasteiger partial charge on any atom is -0.379 e. The van der Waals surface area contributed by atoms with Crippen LogP contribution in [0, 0.1) is 23.2 Å². The number of amides is 1. The summed E-state index contributed by atoms with van der Waals surface area (Å²) in [7, 11) is 0. The molecule has 4 atom stereocenters. The Balaban J connectivity index is 1.23. The lowest BCUT2D eigenvalue weighted by Crippen LogP contribution is -2.58. The van der Waals surface area contributed by atoms with E-state index in [0.717, 1.165) is 22.4 Å². The van der Waals surface area contributed by atoms with E-state index in [1.165, 1.54) is 17.8 Å². The second-order valence-electron chi connectivity index (χ2n) is 9.86. The summed E-state index contributed by atoms with van der Waals surface area (Å²) in [6, 6.07) is 3.95. The molecule has 3 fully saturated rings. The molecule has 2 N–H and O–H groups in total. The lowest BCUT2D eigenvalue weighted by molar-refractivity contribution is -0.117. The van der Waals surface area contributed by atoms with Crippen molar-refractivity contribution in [2.24, 2.45) is 23.2 Å². The number of aromatic nitrogens is 4. The minimum atomic E-state index is -0.493. The lowest BCUT2D eigenvalue weighted by Gasteiger charge is -2.62. The van der Waals surface area contributed by atoms with E-state index >= 15 is 0 Å². The second-order valence-corrected chi connectivity index (χ2v) is 11.1. The van der Waals surface area contributed by atoms with Crippen molar-refractivity contribution in [2.45, 2.75) is 46.2 Å². The highest BCUT2D eigenvalue weighted by molar-refractivity contribution is 7.14. The second kappa shape index (κ2) is 8.78. The average molecular weight is 499 g/mol. The molecule has 3 aliphatic rings. The molecular weight excluding hydrogens is 472 g/mol. The first-order chi connectivity index (χ1) is 16.2. The topological polar surface area (TPSA) is 102 Å². The Hall–Kier alpha value is -2.78. The van der Waals surface area contributed by atoms with Crippen LogP contribution in [-0.2, 0) is 11.3 Å². The summed E-state index contributed by atoms with van der Waals surface area (Å²) in [5.41, 5.74) is 2.07.